The first kappa shape index (κ1) is 19.7. The molecule has 4 aromatic rings. The highest BCUT2D eigenvalue weighted by Crippen LogP contribution is 2.28. The molecule has 0 bridgehead atoms. The Morgan fingerprint density at radius 1 is 0.933 bits per heavy atom. The van der Waals surface area contributed by atoms with Gasteiger partial charge >= 0.3 is 0 Å². The van der Waals surface area contributed by atoms with Gasteiger partial charge in [-0.1, -0.05) is 72.4 Å². The van der Waals surface area contributed by atoms with E-state index in [0.717, 1.165) is 27.8 Å². The van der Waals surface area contributed by atoms with Crippen molar-refractivity contribution in [2.75, 3.05) is 11.1 Å². The normalized spacial score (nSPS) is 10.8. The van der Waals surface area contributed by atoms with Gasteiger partial charge in [0.2, 0.25) is 11.8 Å². The smallest absolute Gasteiger partial charge is 0.244 e. The van der Waals surface area contributed by atoms with Crippen LogP contribution in [0, 0.1) is 0 Å². The van der Waals surface area contributed by atoms with Gasteiger partial charge < -0.3 is 15.6 Å². The van der Waals surface area contributed by atoms with E-state index in [1.165, 1.54) is 11.8 Å². The van der Waals surface area contributed by atoms with Crippen molar-refractivity contribution in [3.05, 3.63) is 78.9 Å². The molecule has 2 amide bonds. The minimum atomic E-state index is -0.431. The Hall–Kier alpha value is -3.58. The van der Waals surface area contributed by atoms with Gasteiger partial charge in [0.05, 0.1) is 16.8 Å². The molecule has 0 spiro atoms. The number of hydrogen-bond donors (Lipinski definition) is 2. The molecule has 0 atom stereocenters. The maximum Gasteiger partial charge on any atom is 0.244 e. The number of nitrogens with two attached hydrogens (primary N) is 1. The second-order valence-electron chi connectivity index (χ2n) is 6.68. The van der Waals surface area contributed by atoms with Crippen LogP contribution >= 0.6 is 11.8 Å². The minimum Gasteiger partial charge on any atom is -0.369 e. The number of nitrogens with zero attached hydrogens (tertiary/aromatic N) is 2. The van der Waals surface area contributed by atoms with Crippen molar-refractivity contribution in [2.24, 2.45) is 5.73 Å². The Bertz CT molecular complexity index is 1200. The summed E-state index contributed by atoms with van der Waals surface area (Å²) in [6, 6.07) is 25.2. The van der Waals surface area contributed by atoms with Crippen LogP contribution in [0.4, 0.5) is 5.69 Å². The van der Waals surface area contributed by atoms with E-state index in [1.54, 1.807) is 0 Å². The van der Waals surface area contributed by atoms with Gasteiger partial charge in [-0.3, -0.25) is 9.59 Å². The Labute approximate surface area is 178 Å². The first-order valence-corrected chi connectivity index (χ1v) is 10.4. The fourth-order valence-electron chi connectivity index (χ4n) is 3.25. The van der Waals surface area contributed by atoms with Crippen LogP contribution in [0.1, 0.15) is 0 Å². The summed E-state index contributed by atoms with van der Waals surface area (Å²) < 4.78 is 1.81. The number of para-hydroxylation sites is 3. The van der Waals surface area contributed by atoms with Gasteiger partial charge in [0.1, 0.15) is 6.54 Å². The van der Waals surface area contributed by atoms with E-state index in [0.29, 0.717) is 5.16 Å². The van der Waals surface area contributed by atoms with Crippen LogP contribution in [-0.2, 0) is 16.1 Å². The van der Waals surface area contributed by atoms with Gasteiger partial charge in [0.15, 0.2) is 5.16 Å². The molecule has 30 heavy (non-hydrogen) atoms. The number of rotatable bonds is 7. The van der Waals surface area contributed by atoms with Gasteiger partial charge in [-0.15, -0.1) is 0 Å². The minimum absolute atomic E-state index is 0.0741. The second kappa shape index (κ2) is 8.84. The van der Waals surface area contributed by atoms with Crippen molar-refractivity contribution in [3.8, 4) is 11.1 Å². The zero-order chi connectivity index (χ0) is 20.9. The van der Waals surface area contributed by atoms with Gasteiger partial charge in [0, 0.05) is 11.3 Å². The van der Waals surface area contributed by atoms with Crippen LogP contribution in [0.5, 0.6) is 0 Å². The Morgan fingerprint density at radius 3 is 2.43 bits per heavy atom. The number of carbonyl (C=O) groups excluding carboxylic acids is 2. The summed E-state index contributed by atoms with van der Waals surface area (Å²) >= 11 is 1.23. The van der Waals surface area contributed by atoms with Gasteiger partial charge in [-0.25, -0.2) is 4.98 Å². The Balaban J connectivity index is 1.60. The number of aromatic nitrogens is 2. The first-order valence-electron chi connectivity index (χ1n) is 9.42. The number of fused-ring (bicyclic) bond motifs is 1. The lowest BCUT2D eigenvalue weighted by Gasteiger charge is -2.13. The number of benzene rings is 3. The van der Waals surface area contributed by atoms with Crippen molar-refractivity contribution >= 4 is 40.3 Å². The van der Waals surface area contributed by atoms with Crippen LogP contribution in [-0.4, -0.2) is 27.1 Å². The van der Waals surface area contributed by atoms with Crippen LogP contribution in [0.25, 0.3) is 22.2 Å². The largest absolute Gasteiger partial charge is 0.369 e. The van der Waals surface area contributed by atoms with Crippen LogP contribution in [0.3, 0.4) is 0 Å². The molecule has 1 heterocycles. The topological polar surface area (TPSA) is 90.0 Å². The summed E-state index contributed by atoms with van der Waals surface area (Å²) in [7, 11) is 0. The van der Waals surface area contributed by atoms with Gasteiger partial charge in [-0.05, 0) is 23.8 Å². The molecular formula is C23H20N4O2S. The summed E-state index contributed by atoms with van der Waals surface area (Å²) in [4.78, 5) is 28.7. The average molecular weight is 417 g/mol. The summed E-state index contributed by atoms with van der Waals surface area (Å²) in [6.07, 6.45) is 0. The van der Waals surface area contributed by atoms with Crippen LogP contribution < -0.4 is 11.1 Å². The predicted molar refractivity (Wildman–Crippen MR) is 120 cm³/mol. The number of hydrogen-bond acceptors (Lipinski definition) is 4. The molecule has 0 aliphatic heterocycles. The van der Waals surface area contributed by atoms with E-state index in [-0.39, 0.29) is 18.2 Å². The molecule has 0 aliphatic carbocycles. The SMILES string of the molecule is NC(=O)CSc1nc2ccccc2n1CC(=O)Nc1ccccc1-c1ccccc1. The quantitative estimate of drug-likeness (QED) is 0.447. The Morgan fingerprint density at radius 2 is 1.63 bits per heavy atom. The number of anilines is 1. The standard InChI is InChI=1S/C23H20N4O2S/c24-21(28)15-30-23-26-19-12-6-7-13-20(19)27(23)14-22(29)25-18-11-5-4-10-17(18)16-8-2-1-3-9-16/h1-13H,14-15H2,(H2,24,28)(H,25,29). The first-order chi connectivity index (χ1) is 14.6. The van der Waals surface area contributed by atoms with E-state index < -0.39 is 5.91 Å². The highest BCUT2D eigenvalue weighted by atomic mass is 32.2. The molecule has 0 saturated heterocycles. The summed E-state index contributed by atoms with van der Waals surface area (Å²) in [5, 5.41) is 3.60. The fourth-order valence-corrected chi connectivity index (χ4v) is 4.00. The third-order valence-corrected chi connectivity index (χ3v) is 5.55. The summed E-state index contributed by atoms with van der Waals surface area (Å²) in [6.45, 7) is 0.0741. The molecule has 150 valence electrons. The molecule has 0 aliphatic rings. The molecule has 7 heteroatoms. The third-order valence-electron chi connectivity index (χ3n) is 4.55. The molecule has 6 nitrogen and oxygen atoms in total. The molecule has 0 radical (unpaired) electrons. The lowest BCUT2D eigenvalue weighted by atomic mass is 10.0. The lowest BCUT2D eigenvalue weighted by molar-refractivity contribution is -0.117. The lowest BCUT2D eigenvalue weighted by Crippen LogP contribution is -2.20. The third kappa shape index (κ3) is 4.36. The molecule has 1 aromatic heterocycles. The van der Waals surface area contributed by atoms with Crippen LogP contribution in [0.2, 0.25) is 0 Å². The number of amides is 2. The molecule has 0 unspecified atom stereocenters. The maximum absolute atomic E-state index is 12.9. The summed E-state index contributed by atoms with van der Waals surface area (Å²) in [5.74, 6) is -0.510. The number of primary amides is 1. The maximum atomic E-state index is 12.9. The van der Waals surface area contributed by atoms with Gasteiger partial charge in [0.25, 0.3) is 0 Å². The number of carbonyl (C=O) groups is 2. The van der Waals surface area contributed by atoms with E-state index in [2.05, 4.69) is 10.3 Å². The van der Waals surface area contributed by atoms with Crippen molar-refractivity contribution in [2.45, 2.75) is 11.7 Å². The molecular weight excluding hydrogens is 396 g/mol. The van der Waals surface area contributed by atoms with Crippen molar-refractivity contribution in [3.63, 3.8) is 0 Å². The monoisotopic (exact) mass is 416 g/mol. The molecule has 4 rings (SSSR count). The van der Waals surface area contributed by atoms with E-state index in [4.69, 9.17) is 5.73 Å². The van der Waals surface area contributed by atoms with E-state index in [9.17, 15) is 9.59 Å². The zero-order valence-electron chi connectivity index (χ0n) is 16.1. The number of nitrogens with one attached hydrogen (secondary N) is 1. The second-order valence-corrected chi connectivity index (χ2v) is 7.63. The van der Waals surface area contributed by atoms with Crippen molar-refractivity contribution in [1.82, 2.24) is 9.55 Å². The van der Waals surface area contributed by atoms with E-state index >= 15 is 0 Å². The van der Waals surface area contributed by atoms with E-state index in [1.807, 2.05) is 83.4 Å². The fraction of sp³-hybridized carbons (Fsp3) is 0.0870. The molecule has 0 fully saturated rings. The molecule has 3 N–H and O–H groups in total. The van der Waals surface area contributed by atoms with Gasteiger partial charge in [-0.2, -0.15) is 0 Å². The van der Waals surface area contributed by atoms with Crippen molar-refractivity contribution < 1.29 is 9.59 Å². The predicted octanol–water partition coefficient (Wildman–Crippen LogP) is 3.92. The molecule has 0 saturated carbocycles. The average Bonchev–Trinajstić information content (AvgIpc) is 3.10. The van der Waals surface area contributed by atoms with Crippen molar-refractivity contribution in [1.29, 1.82) is 0 Å². The molecule has 3 aromatic carbocycles. The number of thioether (sulfide) groups is 1. The number of imidazole rings is 1. The summed E-state index contributed by atoms with van der Waals surface area (Å²) in [5.41, 5.74) is 9.60. The zero-order valence-corrected chi connectivity index (χ0v) is 16.9. The Kier molecular flexibility index (Phi) is 5.81. The van der Waals surface area contributed by atoms with Crippen LogP contribution in [0.15, 0.2) is 84.0 Å². The highest BCUT2D eigenvalue weighted by molar-refractivity contribution is 7.99. The highest BCUT2D eigenvalue weighted by Gasteiger charge is 2.16.